The molecular weight excluding hydrogens is 1660 g/mol. The summed E-state index contributed by atoms with van der Waals surface area (Å²) in [5.74, 6) is -4.57. The number of fused-ring (bicyclic) bond motifs is 10. The maximum atomic E-state index is 14.6. The number of pyridine rings is 4. The predicted molar refractivity (Wildman–Crippen MR) is 462 cm³/mol. The van der Waals surface area contributed by atoms with E-state index in [0.29, 0.717) is 89.3 Å². The first-order valence-electron chi connectivity index (χ1n) is 44.9. The van der Waals surface area contributed by atoms with Gasteiger partial charge in [-0.25, -0.2) is 33.9 Å². The molecule has 4 saturated heterocycles. The molecule has 14 rings (SSSR count). The number of nitrogens with one attached hydrogen (secondary N) is 2. The van der Waals surface area contributed by atoms with Gasteiger partial charge < -0.3 is 116 Å². The van der Waals surface area contributed by atoms with Gasteiger partial charge in [0, 0.05) is 77.8 Å². The van der Waals surface area contributed by atoms with Crippen molar-refractivity contribution in [1.29, 1.82) is 0 Å². The first-order valence-corrected chi connectivity index (χ1v) is 44.9. The summed E-state index contributed by atoms with van der Waals surface area (Å²) in [4.78, 5) is 153. The van der Waals surface area contributed by atoms with E-state index in [1.807, 2.05) is 37.3 Å². The molecule has 36 nitrogen and oxygen atoms in total. The van der Waals surface area contributed by atoms with Crippen LogP contribution in [0.4, 0.5) is 4.79 Å². The smallest absolute Gasteiger partial charge is 0.415 e. The minimum absolute atomic E-state index is 0.0522. The summed E-state index contributed by atoms with van der Waals surface area (Å²) < 4.78 is 85.1. The summed E-state index contributed by atoms with van der Waals surface area (Å²) in [6.07, 6.45) is 12.2. The number of benzene rings is 2. The Morgan fingerprint density at radius 3 is 1.38 bits per heavy atom. The minimum atomic E-state index is -2.08. The molecule has 8 aliphatic rings. The van der Waals surface area contributed by atoms with Crippen LogP contribution >= 0.6 is 0 Å². The second kappa shape index (κ2) is 43.4. The van der Waals surface area contributed by atoms with Gasteiger partial charge >= 0.3 is 35.9 Å². The van der Waals surface area contributed by atoms with E-state index in [1.165, 1.54) is 51.6 Å². The number of amides is 3. The summed E-state index contributed by atoms with van der Waals surface area (Å²) in [7, 11) is 0. The lowest BCUT2D eigenvalue weighted by atomic mass is 9.85. The van der Waals surface area contributed by atoms with Crippen LogP contribution in [0.2, 0.25) is 0 Å². The van der Waals surface area contributed by atoms with Crippen molar-refractivity contribution in [2.75, 3.05) is 178 Å². The summed E-state index contributed by atoms with van der Waals surface area (Å²) in [6.45, 7) is 14.9. The summed E-state index contributed by atoms with van der Waals surface area (Å²) in [5, 5.41) is 25.1. The van der Waals surface area contributed by atoms with Gasteiger partial charge in [0.2, 0.25) is 17.4 Å². The maximum Gasteiger partial charge on any atom is 0.415 e. The molecule has 128 heavy (non-hydrogen) atoms. The Balaban J connectivity index is 0.545. The Labute approximate surface area is 741 Å². The van der Waals surface area contributed by atoms with Crippen LogP contribution in [0.15, 0.2) is 70.6 Å². The van der Waals surface area contributed by atoms with Crippen molar-refractivity contribution in [3.8, 4) is 34.3 Å². The highest BCUT2D eigenvalue weighted by atomic mass is 16.6. The molecule has 0 bridgehead atoms. The highest BCUT2D eigenvalue weighted by molar-refractivity contribution is 5.93. The number of rotatable bonds is 45. The van der Waals surface area contributed by atoms with Crippen molar-refractivity contribution < 1.29 is 115 Å². The molecule has 0 spiro atoms. The number of likely N-dealkylation sites (tertiary alicyclic amines) is 4. The number of esters is 3. The Bertz CT molecular complexity index is 5160. The number of hydrogen-bond acceptors (Lipinski definition) is 29. The van der Waals surface area contributed by atoms with Gasteiger partial charge in [0.25, 0.3) is 11.1 Å². The molecule has 2 atom stereocenters. The summed E-state index contributed by atoms with van der Waals surface area (Å²) >= 11 is 0. The molecule has 0 aliphatic carbocycles. The third kappa shape index (κ3) is 21.5. The van der Waals surface area contributed by atoms with Gasteiger partial charge in [-0.05, 0) is 169 Å². The number of carboxylic acids is 2. The molecule has 0 radical (unpaired) electrons. The summed E-state index contributed by atoms with van der Waals surface area (Å²) in [6, 6.07) is 15.6. The van der Waals surface area contributed by atoms with Crippen molar-refractivity contribution in [1.82, 2.24) is 49.3 Å². The van der Waals surface area contributed by atoms with Crippen molar-refractivity contribution in [3.63, 3.8) is 0 Å². The third-order valence-corrected chi connectivity index (χ3v) is 25.5. The van der Waals surface area contributed by atoms with Crippen LogP contribution < -0.4 is 31.2 Å². The largest absolute Gasteiger partial charge is 0.480 e. The van der Waals surface area contributed by atoms with Crippen LogP contribution in [0.3, 0.4) is 0 Å². The van der Waals surface area contributed by atoms with E-state index in [1.54, 1.807) is 46.1 Å². The Hall–Kier alpha value is -10.4. The van der Waals surface area contributed by atoms with E-state index in [0.717, 1.165) is 90.4 Å². The topological polar surface area (TPSA) is 413 Å². The number of piperidine rings is 4. The number of carbonyl (C=O) groups excluding carboxylic acids is 6. The molecular formula is C92H118N10O26. The quantitative estimate of drug-likeness (QED) is 0.0134. The molecule has 4 fully saturated rings. The lowest BCUT2D eigenvalue weighted by molar-refractivity contribution is -0.189. The number of aryl methyl sites for hydroxylation is 2. The first kappa shape index (κ1) is 93.8. The van der Waals surface area contributed by atoms with E-state index in [9.17, 15) is 47.9 Å². The van der Waals surface area contributed by atoms with E-state index >= 15 is 0 Å². The number of nitrogens with zero attached hydrogens (tertiary/aromatic N) is 8. The Kier molecular flexibility index (Phi) is 31.8. The lowest BCUT2D eigenvalue weighted by Gasteiger charge is -2.41. The number of aliphatic carboxylic acids is 2. The lowest BCUT2D eigenvalue weighted by Crippen LogP contribution is -2.48. The van der Waals surface area contributed by atoms with Crippen LogP contribution in [0.5, 0.6) is 11.5 Å². The fraction of sp³-hybridized carbons (Fsp3) is 0.587. The molecule has 8 aliphatic heterocycles. The Morgan fingerprint density at radius 1 is 0.500 bits per heavy atom. The monoisotopic (exact) mass is 1780 g/mol. The van der Waals surface area contributed by atoms with Gasteiger partial charge in [0.1, 0.15) is 57.7 Å². The number of carboxylic acid groups (broad SMARTS) is 2. The molecule has 692 valence electrons. The van der Waals surface area contributed by atoms with Crippen LogP contribution in [0.25, 0.3) is 44.6 Å². The van der Waals surface area contributed by atoms with E-state index in [-0.39, 0.29) is 154 Å². The van der Waals surface area contributed by atoms with E-state index in [2.05, 4.69) is 38.8 Å². The van der Waals surface area contributed by atoms with Crippen LogP contribution in [0.1, 0.15) is 149 Å². The average molecular weight is 1780 g/mol. The molecule has 6 aromatic rings. The molecule has 36 heteroatoms. The highest BCUT2D eigenvalue weighted by Gasteiger charge is 2.52. The van der Waals surface area contributed by atoms with Crippen LogP contribution in [-0.4, -0.2) is 287 Å². The minimum Gasteiger partial charge on any atom is -0.480 e. The Morgan fingerprint density at radius 2 is 0.922 bits per heavy atom. The van der Waals surface area contributed by atoms with Gasteiger partial charge in [-0.3, -0.25) is 24.0 Å². The fourth-order valence-electron chi connectivity index (χ4n) is 18.9. The number of aromatic nitrogens is 4. The zero-order valence-electron chi connectivity index (χ0n) is 73.6. The van der Waals surface area contributed by atoms with Crippen molar-refractivity contribution in [2.45, 2.75) is 167 Å². The van der Waals surface area contributed by atoms with Crippen LogP contribution in [0, 0.1) is 5.41 Å². The van der Waals surface area contributed by atoms with E-state index < -0.39 is 103 Å². The van der Waals surface area contributed by atoms with Crippen molar-refractivity contribution >= 4 is 69.6 Å². The van der Waals surface area contributed by atoms with Gasteiger partial charge in [0.05, 0.1) is 149 Å². The molecule has 2 aromatic carbocycles. The predicted octanol–water partition coefficient (Wildman–Crippen LogP) is 6.64. The van der Waals surface area contributed by atoms with Gasteiger partial charge in [-0.15, -0.1) is 0 Å². The van der Waals surface area contributed by atoms with Gasteiger partial charge in [-0.2, -0.15) is 0 Å². The van der Waals surface area contributed by atoms with Gasteiger partial charge in [-0.1, -0.05) is 40.5 Å². The number of carbonyl (C=O) groups is 8. The average Bonchev–Trinajstić information content (AvgIpc) is 1.46. The number of ether oxygens (including phenoxy) is 14. The molecule has 12 heterocycles. The molecule has 2 unspecified atom stereocenters. The summed E-state index contributed by atoms with van der Waals surface area (Å²) in [5.41, 5.74) is 2.24. The second-order valence-corrected chi connectivity index (χ2v) is 33.7. The SMILES string of the molecule is C=C(Oc1ccc2nc3c(c(CC)c2c1)Cn1c-3cc2c(c1=O)COC(=O)C2(CC)OCCNC(=O)COCCOCC(COCCOCC(=O)O)(COCCOCC(=O)O)COCCOCC(=O)NCC(=O)OC1(CC)C(=O)OCc2c1cc1n(c2=O)Cc2c-1nc1ccc(OC(=O)N3CCC(N4CCCCC4)CC3)cc1c2CC)N1CCC(N2CCCCC2)CC1. The number of cyclic esters (lactones) is 2. The molecule has 4 N–H and O–H groups in total. The van der Waals surface area contributed by atoms with E-state index in [4.69, 9.17) is 86.5 Å². The highest BCUT2D eigenvalue weighted by Crippen LogP contribution is 2.46. The van der Waals surface area contributed by atoms with Crippen molar-refractivity contribution in [3.05, 3.63) is 126 Å². The van der Waals surface area contributed by atoms with Crippen LogP contribution in [-0.2, 0) is 141 Å². The van der Waals surface area contributed by atoms with Gasteiger partial charge in [0.15, 0.2) is 11.5 Å². The second-order valence-electron chi connectivity index (χ2n) is 33.7. The third-order valence-electron chi connectivity index (χ3n) is 25.5. The normalized spacial score (nSPS) is 18.9. The zero-order chi connectivity index (χ0) is 90.1. The number of hydrogen-bond donors (Lipinski definition) is 4. The zero-order valence-corrected chi connectivity index (χ0v) is 73.6. The first-order chi connectivity index (χ1) is 62.1. The van der Waals surface area contributed by atoms with Crippen molar-refractivity contribution in [2.24, 2.45) is 5.41 Å². The molecule has 0 saturated carbocycles. The standard InChI is InChI=1S/C92H118N10O26/c1-6-64-66-42-62(126-59(5)97-29-20-60(21-30-97)98-25-12-10-13-26-98)16-18-74(66)95-83-68(64)47-101-76(83)44-72-70(85(101)110)49-123-87(112)91(72,8-3)125-33-24-93-78(103)51-115-34-38-119-55-90(57-121-40-36-117-53-80(105)106,58-122-41-37-118-54-81(107)108)56-120-39-35-116-52-79(104)94-46-82(109)128-92(9-4)73-45-77-84-69(48-102(77)86(111)71(73)50-124-88(92)113)65(7-2)67-43-63(17-19-75(67)96-84)127-89(114)100-31-22-61(23-32-100)99-27-14-11-15-28-99/h16-19,42-45,60-61H,5-15,20-41,46-58H2,1-4H3,(H,93,103)(H,94,104)(H,105,106)(H,107,108). The fourth-order valence-corrected chi connectivity index (χ4v) is 18.9. The molecule has 4 aromatic heterocycles. The maximum absolute atomic E-state index is 14.6. The molecule has 3 amide bonds.